The van der Waals surface area contributed by atoms with Gasteiger partial charge in [0.05, 0.1) is 48.2 Å². The number of methoxy groups -OCH3 is 2. The molecule has 1 aromatic heterocycles. The molecule has 2 N–H and O–H groups in total. The molecule has 344 valence electrons. The number of esters is 2. The summed E-state index contributed by atoms with van der Waals surface area (Å²) in [5, 5.41) is 15.1. The minimum absolute atomic E-state index is 0.109. The summed E-state index contributed by atoms with van der Waals surface area (Å²) in [4.78, 5) is 63.5. The summed E-state index contributed by atoms with van der Waals surface area (Å²) < 4.78 is 50.7. The van der Waals surface area contributed by atoms with Gasteiger partial charge in [-0.25, -0.2) is 4.98 Å². The van der Waals surface area contributed by atoms with Crippen molar-refractivity contribution in [2.75, 3.05) is 21.3 Å². The van der Waals surface area contributed by atoms with E-state index in [1.807, 2.05) is 40.7 Å². The summed E-state index contributed by atoms with van der Waals surface area (Å²) in [5.41, 5.74) is -1.44. The Morgan fingerprint density at radius 1 is 0.984 bits per heavy atom. The number of carbonyl (C=O) groups excluding carboxylic acids is 4. The second-order valence-electron chi connectivity index (χ2n) is 17.6. The van der Waals surface area contributed by atoms with Crippen LogP contribution in [0.2, 0.25) is 0 Å². The van der Waals surface area contributed by atoms with E-state index in [0.717, 1.165) is 5.57 Å². The normalized spacial score (nSPS) is 40.3. The number of amides is 2. The van der Waals surface area contributed by atoms with Gasteiger partial charge in [0.2, 0.25) is 5.91 Å². The van der Waals surface area contributed by atoms with Crippen LogP contribution >= 0.6 is 0 Å². The lowest BCUT2D eigenvalue weighted by Gasteiger charge is -2.50. The van der Waals surface area contributed by atoms with Crippen molar-refractivity contribution in [2.45, 2.75) is 180 Å². The zero-order chi connectivity index (χ0) is 45.6. The van der Waals surface area contributed by atoms with Gasteiger partial charge in [0.25, 0.3) is 5.91 Å². The molecular weight excluding hydrogens is 792 g/mol. The number of aliphatic hydroxyl groups excluding tert-OH is 1. The van der Waals surface area contributed by atoms with Crippen LogP contribution in [-0.2, 0) is 52.3 Å². The number of aliphatic hydroxyl groups is 1. The summed E-state index contributed by atoms with van der Waals surface area (Å²) >= 11 is 0. The number of carbonyl (C=O) groups is 4. The molecule has 3 aliphatic rings. The summed E-state index contributed by atoms with van der Waals surface area (Å²) in [6, 6.07) is -1.15. The number of hydrogen-bond acceptors (Lipinski definition) is 15. The number of rotatable bonds is 10. The third kappa shape index (κ3) is 11.9. The first-order chi connectivity index (χ1) is 28.6. The first-order valence-electron chi connectivity index (χ1n) is 21.4. The second-order valence-corrected chi connectivity index (χ2v) is 17.6. The molecule has 0 unspecified atom stereocenters. The van der Waals surface area contributed by atoms with Gasteiger partial charge in [-0.2, -0.15) is 0 Å². The number of nitrogens with one attached hydrogen (secondary N) is 1. The van der Waals surface area contributed by atoms with Crippen molar-refractivity contribution in [3.05, 3.63) is 35.9 Å². The molecule has 61 heavy (non-hydrogen) atoms. The predicted octanol–water partition coefficient (Wildman–Crippen LogP) is 4.15. The summed E-state index contributed by atoms with van der Waals surface area (Å²) in [6.07, 6.45) is -1.08. The van der Waals surface area contributed by atoms with E-state index in [0.29, 0.717) is 6.42 Å². The highest BCUT2D eigenvalue weighted by Crippen LogP contribution is 2.41. The largest absolute Gasteiger partial charge is 0.458 e. The highest BCUT2D eigenvalue weighted by atomic mass is 16.7. The highest BCUT2D eigenvalue weighted by molar-refractivity contribution is 5.92. The molecule has 2 saturated heterocycles. The van der Waals surface area contributed by atoms with Gasteiger partial charge in [0, 0.05) is 64.9 Å². The van der Waals surface area contributed by atoms with Crippen molar-refractivity contribution < 1.29 is 62.2 Å². The van der Waals surface area contributed by atoms with Crippen LogP contribution < -0.4 is 5.32 Å². The summed E-state index contributed by atoms with van der Waals surface area (Å²) in [5.74, 6) is -4.03. The van der Waals surface area contributed by atoms with E-state index < -0.39 is 108 Å². The third-order valence-electron chi connectivity index (χ3n) is 12.6. The van der Waals surface area contributed by atoms with Crippen LogP contribution in [0.5, 0.6) is 0 Å². The first kappa shape index (κ1) is 50.1. The molecule has 4 rings (SSSR count). The molecule has 0 aliphatic carbocycles. The average molecular weight is 863 g/mol. The van der Waals surface area contributed by atoms with E-state index in [2.05, 4.69) is 15.3 Å². The molecule has 2 amide bonds. The van der Waals surface area contributed by atoms with E-state index in [1.165, 1.54) is 44.6 Å². The minimum atomic E-state index is -1.36. The van der Waals surface area contributed by atoms with Gasteiger partial charge in [0.1, 0.15) is 23.5 Å². The van der Waals surface area contributed by atoms with E-state index in [9.17, 15) is 24.3 Å². The van der Waals surface area contributed by atoms with E-state index in [4.69, 9.17) is 37.9 Å². The number of likely N-dealkylation sites (N-methyl/N-ethyl adjacent to an activating group) is 1. The van der Waals surface area contributed by atoms with Crippen LogP contribution in [0.15, 0.2) is 30.2 Å². The number of nitrogens with zero attached hydrogens (tertiary/aromatic N) is 3. The smallest absolute Gasteiger partial charge is 0.311 e. The Hall–Kier alpha value is -3.58. The maximum absolute atomic E-state index is 14.4. The van der Waals surface area contributed by atoms with Crippen LogP contribution in [0.1, 0.15) is 112 Å². The predicted molar refractivity (Wildman–Crippen MR) is 222 cm³/mol. The fraction of sp³-hybridized carbons (Fsp3) is 0.773. The zero-order valence-electron chi connectivity index (χ0n) is 38.4. The monoisotopic (exact) mass is 862 g/mol. The van der Waals surface area contributed by atoms with Gasteiger partial charge >= 0.3 is 11.9 Å². The van der Waals surface area contributed by atoms with Gasteiger partial charge in [-0.3, -0.25) is 24.2 Å². The number of ether oxygens (including phenoxy) is 8. The summed E-state index contributed by atoms with van der Waals surface area (Å²) in [7, 11) is 4.61. The molecule has 1 aromatic rings. The molecule has 4 heterocycles. The fourth-order valence-corrected chi connectivity index (χ4v) is 9.07. The van der Waals surface area contributed by atoms with Crippen LogP contribution in [0.4, 0.5) is 0 Å². The molecule has 3 aliphatic heterocycles. The molecule has 0 saturated carbocycles. The lowest BCUT2D eigenvalue weighted by molar-refractivity contribution is -0.319. The van der Waals surface area contributed by atoms with Gasteiger partial charge in [0.15, 0.2) is 18.7 Å². The van der Waals surface area contributed by atoms with Gasteiger partial charge in [-0.05, 0) is 73.3 Å². The standard InChI is InChI=1S/C44H70N4O13/c1-15-33-23(2)18-25(4)47-39(51)24(3)20-43(10,54-13)37(61-42-35(50)32(19-26(5)56-42)48(12)40(52)31-22-45-16-17-46-31)27(6)36(28(7)41(53)59-33)60-34-21-44(11,55-14)38(29(8)57-34)58-30(9)49/h16-18,22,24-29,32-38,42,50H,15,19-21H2,1-14H3,(H,47,51)/b23-18+/t24-,25-,26-,27+,28-,29+,32+,33-,34+,35-,36+,37-,38+,42+,43-,44-/m1/s1. The Morgan fingerprint density at radius 3 is 2.23 bits per heavy atom. The highest BCUT2D eigenvalue weighted by Gasteiger charge is 2.53. The first-order valence-corrected chi connectivity index (χ1v) is 21.4. The Kier molecular flexibility index (Phi) is 17.4. The maximum atomic E-state index is 14.4. The number of cyclic esters (lactones) is 1. The molecule has 0 bridgehead atoms. The molecule has 0 radical (unpaired) electrons. The Morgan fingerprint density at radius 2 is 1.64 bits per heavy atom. The van der Waals surface area contributed by atoms with Gasteiger partial charge < -0.3 is 53.2 Å². The summed E-state index contributed by atoms with van der Waals surface area (Å²) in [6.45, 7) is 19.5. The molecule has 17 nitrogen and oxygen atoms in total. The number of aromatic nitrogens is 2. The topological polar surface area (TPSA) is 203 Å². The van der Waals surface area contributed by atoms with E-state index in [-0.39, 0.29) is 36.9 Å². The molecule has 0 spiro atoms. The van der Waals surface area contributed by atoms with Crippen molar-refractivity contribution in [3.63, 3.8) is 0 Å². The molecule has 17 heteroatoms. The minimum Gasteiger partial charge on any atom is -0.458 e. The van der Waals surface area contributed by atoms with Gasteiger partial charge in [-0.15, -0.1) is 0 Å². The Labute approximate surface area is 360 Å². The Balaban J connectivity index is 1.83. The molecule has 16 atom stereocenters. The van der Waals surface area contributed by atoms with E-state index in [1.54, 1.807) is 41.7 Å². The SMILES string of the molecule is CC[C@H]1OC(=O)[C@H](C)[C@@H](O[C@H]2C[C@@](C)(OC)[C@@H](OC(C)=O)[C@H](C)O2)[C@H](C)[C@@H](O[C@@H]2O[C@H](C)C[C@H](N(C)C(=O)c3cnccn3)[C@H]2O)[C@](C)(OC)C[C@@H](C)C(=O)N[C@H](C)/C=C/1C. The molecular formula is C44H70N4O13. The van der Waals surface area contributed by atoms with Crippen molar-refractivity contribution in [1.29, 1.82) is 0 Å². The average Bonchev–Trinajstić information content (AvgIpc) is 3.21. The van der Waals surface area contributed by atoms with Crippen LogP contribution in [0.25, 0.3) is 0 Å². The second kappa shape index (κ2) is 21.2. The lowest BCUT2D eigenvalue weighted by atomic mass is 9.77. The van der Waals surface area contributed by atoms with Crippen molar-refractivity contribution in [3.8, 4) is 0 Å². The fourth-order valence-electron chi connectivity index (χ4n) is 9.07. The number of hydrogen-bond donors (Lipinski definition) is 2. The van der Waals surface area contributed by atoms with Crippen LogP contribution in [-0.4, -0.2) is 144 Å². The van der Waals surface area contributed by atoms with E-state index >= 15 is 0 Å². The van der Waals surface area contributed by atoms with Crippen molar-refractivity contribution in [1.82, 2.24) is 20.2 Å². The lowest BCUT2D eigenvalue weighted by Crippen LogP contribution is -2.61. The molecule has 0 aromatic carbocycles. The molecule has 2 fully saturated rings. The quantitative estimate of drug-likeness (QED) is 0.251. The van der Waals surface area contributed by atoms with Crippen LogP contribution in [0.3, 0.4) is 0 Å². The van der Waals surface area contributed by atoms with Crippen molar-refractivity contribution >= 4 is 23.8 Å². The third-order valence-corrected chi connectivity index (χ3v) is 12.6. The Bertz CT molecular complexity index is 1690. The zero-order valence-corrected chi connectivity index (χ0v) is 38.4. The van der Waals surface area contributed by atoms with Crippen molar-refractivity contribution in [2.24, 2.45) is 17.8 Å². The van der Waals surface area contributed by atoms with Crippen LogP contribution in [0, 0.1) is 17.8 Å². The maximum Gasteiger partial charge on any atom is 0.311 e. The van der Waals surface area contributed by atoms with Gasteiger partial charge in [-0.1, -0.05) is 26.8 Å².